The Morgan fingerprint density at radius 1 is 0.938 bits per heavy atom. The summed E-state index contributed by atoms with van der Waals surface area (Å²) in [4.78, 5) is 11.2. The molecule has 0 atom stereocenters. The van der Waals surface area contributed by atoms with Crippen LogP contribution in [0, 0.1) is 6.92 Å². The molecule has 0 unspecified atom stereocenters. The second-order valence-corrected chi connectivity index (χ2v) is 3.91. The Morgan fingerprint density at radius 2 is 1.69 bits per heavy atom. The van der Waals surface area contributed by atoms with Gasteiger partial charge in [0.1, 0.15) is 5.58 Å². The Hall–Kier alpha value is -2.09. The quantitative estimate of drug-likeness (QED) is 0.421. The third-order valence-electron chi connectivity index (χ3n) is 2.85. The molecule has 2 nitrogen and oxygen atoms in total. The van der Waals surface area contributed by atoms with E-state index < -0.39 is 0 Å². The SMILES string of the molecule is Cc1cc2oc(=O)ccc2c2ccccc12. The smallest absolute Gasteiger partial charge is 0.336 e. The van der Waals surface area contributed by atoms with Gasteiger partial charge in [0.2, 0.25) is 0 Å². The lowest BCUT2D eigenvalue weighted by atomic mass is 10.0. The molecule has 0 fully saturated rings. The molecule has 2 aromatic carbocycles. The first kappa shape index (κ1) is 9.16. The maximum absolute atomic E-state index is 11.2. The zero-order valence-electron chi connectivity index (χ0n) is 8.86. The molecule has 0 amide bonds. The molecule has 0 aliphatic rings. The van der Waals surface area contributed by atoms with Gasteiger partial charge in [0.15, 0.2) is 0 Å². The van der Waals surface area contributed by atoms with Crippen molar-refractivity contribution in [3.8, 4) is 0 Å². The standard InChI is InChI=1S/C14H10O2/c1-9-8-13-12(6-7-14(15)16-13)11-5-3-2-4-10(9)11/h2-8H,1H3. The van der Waals surface area contributed by atoms with Crippen molar-refractivity contribution < 1.29 is 4.42 Å². The van der Waals surface area contributed by atoms with Gasteiger partial charge in [0, 0.05) is 11.5 Å². The summed E-state index contributed by atoms with van der Waals surface area (Å²) < 4.78 is 5.20. The first-order valence-electron chi connectivity index (χ1n) is 5.18. The molecule has 1 aromatic heterocycles. The molecule has 0 saturated heterocycles. The van der Waals surface area contributed by atoms with Crippen LogP contribution in [-0.4, -0.2) is 0 Å². The lowest BCUT2D eigenvalue weighted by Gasteiger charge is -2.05. The van der Waals surface area contributed by atoms with E-state index in [0.29, 0.717) is 5.58 Å². The van der Waals surface area contributed by atoms with Crippen LogP contribution in [0.2, 0.25) is 0 Å². The van der Waals surface area contributed by atoms with E-state index in [1.54, 1.807) is 0 Å². The Morgan fingerprint density at radius 3 is 2.50 bits per heavy atom. The fourth-order valence-corrected chi connectivity index (χ4v) is 2.10. The van der Waals surface area contributed by atoms with Crippen LogP contribution < -0.4 is 5.63 Å². The fourth-order valence-electron chi connectivity index (χ4n) is 2.10. The summed E-state index contributed by atoms with van der Waals surface area (Å²) in [6, 6.07) is 13.3. The van der Waals surface area contributed by atoms with Crippen molar-refractivity contribution in [2.45, 2.75) is 6.92 Å². The molecule has 0 N–H and O–H groups in total. The van der Waals surface area contributed by atoms with Crippen LogP contribution in [-0.2, 0) is 0 Å². The van der Waals surface area contributed by atoms with Crippen LogP contribution in [0.3, 0.4) is 0 Å². The third kappa shape index (κ3) is 1.23. The molecule has 3 aromatic rings. The summed E-state index contributed by atoms with van der Waals surface area (Å²) in [5.74, 6) is 0. The second kappa shape index (κ2) is 3.20. The van der Waals surface area contributed by atoms with E-state index in [2.05, 4.69) is 6.07 Å². The Kier molecular flexibility index (Phi) is 1.83. The van der Waals surface area contributed by atoms with E-state index in [-0.39, 0.29) is 5.63 Å². The summed E-state index contributed by atoms with van der Waals surface area (Å²) >= 11 is 0. The van der Waals surface area contributed by atoms with Crippen LogP contribution in [0.4, 0.5) is 0 Å². The average Bonchev–Trinajstić information content (AvgIpc) is 2.29. The van der Waals surface area contributed by atoms with Crippen LogP contribution in [0.5, 0.6) is 0 Å². The van der Waals surface area contributed by atoms with Gasteiger partial charge in [-0.3, -0.25) is 0 Å². The monoisotopic (exact) mass is 210 g/mol. The van der Waals surface area contributed by atoms with Gasteiger partial charge < -0.3 is 4.42 Å². The summed E-state index contributed by atoms with van der Waals surface area (Å²) in [5.41, 5.74) is 1.48. The highest BCUT2D eigenvalue weighted by Gasteiger charge is 2.04. The number of aryl methyl sites for hydroxylation is 1. The lowest BCUT2D eigenvalue weighted by Crippen LogP contribution is -1.95. The van der Waals surface area contributed by atoms with Gasteiger partial charge in [-0.25, -0.2) is 4.79 Å². The van der Waals surface area contributed by atoms with Crippen molar-refractivity contribution in [3.05, 3.63) is 58.4 Å². The van der Waals surface area contributed by atoms with E-state index >= 15 is 0 Å². The molecule has 1 heterocycles. The molecule has 0 aliphatic heterocycles. The number of hydrogen-bond acceptors (Lipinski definition) is 2. The normalized spacial score (nSPS) is 11.1. The Balaban J connectivity index is 2.64. The van der Waals surface area contributed by atoms with Crippen molar-refractivity contribution >= 4 is 21.7 Å². The van der Waals surface area contributed by atoms with Gasteiger partial charge in [-0.1, -0.05) is 24.3 Å². The highest BCUT2D eigenvalue weighted by molar-refractivity contribution is 6.06. The summed E-state index contributed by atoms with van der Waals surface area (Å²) in [7, 11) is 0. The maximum Gasteiger partial charge on any atom is 0.336 e. The van der Waals surface area contributed by atoms with Gasteiger partial charge in [0.05, 0.1) is 0 Å². The number of hydrogen-bond donors (Lipinski definition) is 0. The van der Waals surface area contributed by atoms with Gasteiger partial charge in [-0.05, 0) is 35.4 Å². The molecule has 2 heteroatoms. The number of benzene rings is 2. The largest absolute Gasteiger partial charge is 0.423 e. The Labute approximate surface area is 92.1 Å². The van der Waals surface area contributed by atoms with Crippen LogP contribution in [0.25, 0.3) is 21.7 Å². The fraction of sp³-hybridized carbons (Fsp3) is 0.0714. The van der Waals surface area contributed by atoms with E-state index in [4.69, 9.17) is 4.42 Å². The summed E-state index contributed by atoms with van der Waals surface area (Å²) in [6.45, 7) is 2.02. The van der Waals surface area contributed by atoms with Crippen LogP contribution >= 0.6 is 0 Å². The second-order valence-electron chi connectivity index (χ2n) is 3.91. The van der Waals surface area contributed by atoms with E-state index in [1.165, 1.54) is 11.5 Å². The zero-order valence-corrected chi connectivity index (χ0v) is 8.86. The predicted octanol–water partition coefficient (Wildman–Crippen LogP) is 3.25. The van der Waals surface area contributed by atoms with Crippen molar-refractivity contribution in [2.24, 2.45) is 0 Å². The van der Waals surface area contributed by atoms with E-state index in [1.807, 2.05) is 37.3 Å². The molecule has 0 spiro atoms. The first-order valence-corrected chi connectivity index (χ1v) is 5.18. The molecular formula is C14H10O2. The predicted molar refractivity (Wildman–Crippen MR) is 64.7 cm³/mol. The minimum atomic E-state index is -0.304. The van der Waals surface area contributed by atoms with Crippen LogP contribution in [0.1, 0.15) is 5.56 Å². The van der Waals surface area contributed by atoms with Crippen molar-refractivity contribution in [2.75, 3.05) is 0 Å². The first-order chi connectivity index (χ1) is 7.75. The van der Waals surface area contributed by atoms with Gasteiger partial charge >= 0.3 is 5.63 Å². The highest BCUT2D eigenvalue weighted by atomic mass is 16.4. The summed E-state index contributed by atoms with van der Waals surface area (Å²) in [5, 5.41) is 3.31. The molecule has 0 saturated carbocycles. The number of rotatable bonds is 0. The molecule has 78 valence electrons. The zero-order chi connectivity index (χ0) is 11.1. The van der Waals surface area contributed by atoms with Crippen LogP contribution in [0.15, 0.2) is 51.7 Å². The number of fused-ring (bicyclic) bond motifs is 3. The maximum atomic E-state index is 11.2. The average molecular weight is 210 g/mol. The topological polar surface area (TPSA) is 30.2 Å². The van der Waals surface area contributed by atoms with E-state index in [0.717, 1.165) is 16.3 Å². The lowest BCUT2D eigenvalue weighted by molar-refractivity contribution is 0.561. The molecule has 0 radical (unpaired) electrons. The van der Waals surface area contributed by atoms with Crippen molar-refractivity contribution in [1.82, 2.24) is 0 Å². The minimum Gasteiger partial charge on any atom is -0.423 e. The van der Waals surface area contributed by atoms with Crippen molar-refractivity contribution in [1.29, 1.82) is 0 Å². The molecule has 16 heavy (non-hydrogen) atoms. The van der Waals surface area contributed by atoms with Crippen molar-refractivity contribution in [3.63, 3.8) is 0 Å². The van der Waals surface area contributed by atoms with Gasteiger partial charge in [-0.15, -0.1) is 0 Å². The molecular weight excluding hydrogens is 200 g/mol. The van der Waals surface area contributed by atoms with Gasteiger partial charge in [-0.2, -0.15) is 0 Å². The molecule has 0 bridgehead atoms. The Bertz CT molecular complexity index is 738. The third-order valence-corrected chi connectivity index (χ3v) is 2.85. The van der Waals surface area contributed by atoms with E-state index in [9.17, 15) is 4.79 Å². The molecule has 3 rings (SSSR count). The summed E-state index contributed by atoms with van der Waals surface area (Å²) in [6.07, 6.45) is 0. The highest BCUT2D eigenvalue weighted by Crippen LogP contribution is 2.27. The van der Waals surface area contributed by atoms with Gasteiger partial charge in [0.25, 0.3) is 0 Å². The minimum absolute atomic E-state index is 0.304. The molecule has 0 aliphatic carbocycles.